The average Bonchev–Trinajstić information content (AvgIpc) is 2.04. The highest BCUT2D eigenvalue weighted by molar-refractivity contribution is 5.85. The van der Waals surface area contributed by atoms with Crippen LogP contribution in [0.15, 0.2) is 24.3 Å². The van der Waals surface area contributed by atoms with Crippen molar-refractivity contribution in [3.8, 4) is 5.75 Å². The molecule has 0 aliphatic heterocycles. The molecule has 0 aliphatic rings. The molecule has 5 heteroatoms. The Labute approximate surface area is 81.9 Å². The third-order valence-electron chi connectivity index (χ3n) is 1.58. The second kappa shape index (κ2) is 4.69. The number of phenolic OH excluding ortho intramolecular Hbond substituents is 1. The number of carbonyl (C=O) groups excluding carboxylic acids is 1. The Kier molecular flexibility index (Phi) is 4.23. The van der Waals surface area contributed by atoms with Gasteiger partial charge in [-0.1, -0.05) is 18.2 Å². The lowest BCUT2D eigenvalue weighted by Gasteiger charge is -2.08. The van der Waals surface area contributed by atoms with Gasteiger partial charge in [-0.05, 0) is 6.07 Å². The highest BCUT2D eigenvalue weighted by Crippen LogP contribution is 2.21. The summed E-state index contributed by atoms with van der Waals surface area (Å²) in [6.45, 7) is 0. The number of halogens is 1. The van der Waals surface area contributed by atoms with Gasteiger partial charge in [0.25, 0.3) is 0 Å². The molecule has 0 saturated carbocycles. The molecule has 0 aromatic heterocycles. The Bertz CT molecular complexity index is 304. The lowest BCUT2D eigenvalue weighted by Crippen LogP contribution is -2.28. The summed E-state index contributed by atoms with van der Waals surface area (Å²) in [6, 6.07) is 5.40. The molecule has 1 amide bonds. The second-order valence-electron chi connectivity index (χ2n) is 2.44. The van der Waals surface area contributed by atoms with Gasteiger partial charge in [0.2, 0.25) is 5.91 Å². The lowest BCUT2D eigenvalue weighted by atomic mass is 10.1. The summed E-state index contributed by atoms with van der Waals surface area (Å²) in [5, 5.41) is 9.24. The minimum atomic E-state index is -0.939. The first kappa shape index (κ1) is 11.7. The molecule has 1 rings (SSSR count). The molecular weight excluding hydrogens is 192 g/mol. The van der Waals surface area contributed by atoms with E-state index in [2.05, 4.69) is 0 Å². The van der Waals surface area contributed by atoms with Crippen LogP contribution in [0.25, 0.3) is 0 Å². The summed E-state index contributed by atoms with van der Waals surface area (Å²) in [6.07, 6.45) is 0. The second-order valence-corrected chi connectivity index (χ2v) is 2.44. The van der Waals surface area contributed by atoms with Crippen molar-refractivity contribution in [1.29, 1.82) is 0 Å². The van der Waals surface area contributed by atoms with Crippen molar-refractivity contribution in [2.45, 2.75) is 6.04 Å². The largest absolute Gasteiger partial charge is 0.508 e. The number of hydrogen-bond donors (Lipinski definition) is 3. The zero-order valence-electron chi connectivity index (χ0n) is 6.81. The Balaban J connectivity index is 0.00000144. The van der Waals surface area contributed by atoms with Crippen molar-refractivity contribution in [1.82, 2.24) is 0 Å². The van der Waals surface area contributed by atoms with Gasteiger partial charge in [-0.2, -0.15) is 0 Å². The summed E-state index contributed by atoms with van der Waals surface area (Å²) < 4.78 is 0. The number of benzene rings is 1. The van der Waals surface area contributed by atoms with Crippen LogP contribution < -0.4 is 11.5 Å². The SMILES string of the molecule is Cl.NC(=O)C(N)c1ccccc1O. The van der Waals surface area contributed by atoms with Crippen molar-refractivity contribution in [2.75, 3.05) is 0 Å². The van der Waals surface area contributed by atoms with Crippen LogP contribution in [0.5, 0.6) is 5.75 Å². The molecule has 5 N–H and O–H groups in total. The Morgan fingerprint density at radius 1 is 1.38 bits per heavy atom. The van der Waals surface area contributed by atoms with Crippen molar-refractivity contribution < 1.29 is 9.90 Å². The maximum absolute atomic E-state index is 10.6. The lowest BCUT2D eigenvalue weighted by molar-refractivity contribution is -0.119. The van der Waals surface area contributed by atoms with Gasteiger partial charge in [0.1, 0.15) is 11.8 Å². The van der Waals surface area contributed by atoms with Gasteiger partial charge in [-0.25, -0.2) is 0 Å². The molecule has 0 aliphatic carbocycles. The van der Waals surface area contributed by atoms with E-state index in [1.807, 2.05) is 0 Å². The molecule has 13 heavy (non-hydrogen) atoms. The minimum absolute atomic E-state index is 0. The summed E-state index contributed by atoms with van der Waals surface area (Å²) in [5.74, 6) is -0.666. The van der Waals surface area contributed by atoms with E-state index in [1.165, 1.54) is 6.07 Å². The van der Waals surface area contributed by atoms with Gasteiger partial charge in [-0.3, -0.25) is 4.79 Å². The number of primary amides is 1. The molecule has 1 unspecified atom stereocenters. The topological polar surface area (TPSA) is 89.3 Å². The average molecular weight is 203 g/mol. The fraction of sp³-hybridized carbons (Fsp3) is 0.125. The van der Waals surface area contributed by atoms with Crippen molar-refractivity contribution in [3.63, 3.8) is 0 Å². The molecular formula is C8H11ClN2O2. The monoisotopic (exact) mass is 202 g/mol. The van der Waals surface area contributed by atoms with Crippen LogP contribution in [-0.4, -0.2) is 11.0 Å². The number of hydrogen-bond acceptors (Lipinski definition) is 3. The summed E-state index contributed by atoms with van der Waals surface area (Å²) >= 11 is 0. The predicted molar refractivity (Wildman–Crippen MR) is 51.5 cm³/mol. The maximum atomic E-state index is 10.6. The smallest absolute Gasteiger partial charge is 0.239 e. The van der Waals surface area contributed by atoms with E-state index in [0.29, 0.717) is 5.56 Å². The molecule has 0 spiro atoms. The highest BCUT2D eigenvalue weighted by atomic mass is 35.5. The van der Waals surface area contributed by atoms with Gasteiger partial charge in [0.05, 0.1) is 0 Å². The van der Waals surface area contributed by atoms with E-state index in [-0.39, 0.29) is 18.2 Å². The number of aromatic hydroxyl groups is 1. The number of rotatable bonds is 2. The number of phenols is 1. The van der Waals surface area contributed by atoms with Crippen LogP contribution in [-0.2, 0) is 4.79 Å². The van der Waals surface area contributed by atoms with Gasteiger partial charge in [0, 0.05) is 5.56 Å². The molecule has 0 radical (unpaired) electrons. The van der Waals surface area contributed by atoms with Crippen LogP contribution in [0, 0.1) is 0 Å². The fourth-order valence-corrected chi connectivity index (χ4v) is 0.904. The first-order chi connectivity index (χ1) is 5.63. The maximum Gasteiger partial charge on any atom is 0.239 e. The van der Waals surface area contributed by atoms with Crippen molar-refractivity contribution >= 4 is 18.3 Å². The Morgan fingerprint density at radius 3 is 2.38 bits per heavy atom. The fourth-order valence-electron chi connectivity index (χ4n) is 0.904. The first-order valence-electron chi connectivity index (χ1n) is 3.45. The van der Waals surface area contributed by atoms with Crippen LogP contribution in [0.3, 0.4) is 0 Å². The normalized spacial score (nSPS) is 11.5. The zero-order chi connectivity index (χ0) is 9.14. The number of para-hydroxylation sites is 1. The summed E-state index contributed by atoms with van der Waals surface area (Å²) in [5.41, 5.74) is 10.7. The number of nitrogens with two attached hydrogens (primary N) is 2. The van der Waals surface area contributed by atoms with Gasteiger partial charge in [-0.15, -0.1) is 12.4 Å². The standard InChI is InChI=1S/C8H10N2O2.ClH/c9-7(8(10)12)5-3-1-2-4-6(5)11;/h1-4,7,11H,9H2,(H2,10,12);1H. The van der Waals surface area contributed by atoms with E-state index in [9.17, 15) is 9.90 Å². The number of carbonyl (C=O) groups is 1. The molecule has 1 aromatic carbocycles. The molecule has 72 valence electrons. The van der Waals surface area contributed by atoms with E-state index < -0.39 is 11.9 Å². The summed E-state index contributed by atoms with van der Waals surface area (Å²) in [7, 11) is 0. The van der Waals surface area contributed by atoms with E-state index in [4.69, 9.17) is 11.5 Å². The van der Waals surface area contributed by atoms with Crippen LogP contribution in [0.2, 0.25) is 0 Å². The first-order valence-corrected chi connectivity index (χ1v) is 3.45. The van der Waals surface area contributed by atoms with Crippen molar-refractivity contribution in [2.24, 2.45) is 11.5 Å². The van der Waals surface area contributed by atoms with Crippen LogP contribution >= 0.6 is 12.4 Å². The zero-order valence-corrected chi connectivity index (χ0v) is 7.62. The Morgan fingerprint density at radius 2 is 1.92 bits per heavy atom. The molecule has 0 heterocycles. The third-order valence-corrected chi connectivity index (χ3v) is 1.58. The molecule has 0 bridgehead atoms. The highest BCUT2D eigenvalue weighted by Gasteiger charge is 2.14. The Hall–Kier alpha value is -1.26. The van der Waals surface area contributed by atoms with Crippen LogP contribution in [0.4, 0.5) is 0 Å². The van der Waals surface area contributed by atoms with E-state index >= 15 is 0 Å². The quantitative estimate of drug-likeness (QED) is 0.644. The predicted octanol–water partition coefficient (Wildman–Crippen LogP) is 0.299. The van der Waals surface area contributed by atoms with Crippen molar-refractivity contribution in [3.05, 3.63) is 29.8 Å². The molecule has 4 nitrogen and oxygen atoms in total. The number of amides is 1. The van der Waals surface area contributed by atoms with E-state index in [1.54, 1.807) is 18.2 Å². The minimum Gasteiger partial charge on any atom is -0.508 e. The molecule has 1 aromatic rings. The third kappa shape index (κ3) is 2.61. The summed E-state index contributed by atoms with van der Waals surface area (Å²) in [4.78, 5) is 10.6. The molecule has 1 atom stereocenters. The van der Waals surface area contributed by atoms with Gasteiger partial charge >= 0.3 is 0 Å². The molecule has 0 fully saturated rings. The van der Waals surface area contributed by atoms with Gasteiger partial charge in [0.15, 0.2) is 0 Å². The van der Waals surface area contributed by atoms with Crippen LogP contribution in [0.1, 0.15) is 11.6 Å². The molecule has 0 saturated heterocycles. The van der Waals surface area contributed by atoms with Gasteiger partial charge < -0.3 is 16.6 Å². The van der Waals surface area contributed by atoms with E-state index in [0.717, 1.165) is 0 Å².